The maximum atomic E-state index is 12.2. The highest BCUT2D eigenvalue weighted by molar-refractivity contribution is 6.00. The van der Waals surface area contributed by atoms with Crippen molar-refractivity contribution in [2.75, 3.05) is 11.9 Å². The van der Waals surface area contributed by atoms with Gasteiger partial charge >= 0.3 is 5.97 Å². The van der Waals surface area contributed by atoms with Crippen LogP contribution >= 0.6 is 0 Å². The van der Waals surface area contributed by atoms with Crippen LogP contribution < -0.4 is 5.32 Å². The lowest BCUT2D eigenvalue weighted by Gasteiger charge is -2.21. The van der Waals surface area contributed by atoms with E-state index in [1.54, 1.807) is 25.3 Å². The lowest BCUT2D eigenvalue weighted by molar-refractivity contribution is -0.151. The zero-order valence-corrected chi connectivity index (χ0v) is 14.9. The molecule has 0 saturated heterocycles. The molecule has 0 aliphatic rings. The monoisotopic (exact) mass is 340 g/mol. The molecule has 25 heavy (non-hydrogen) atoms. The first-order valence-corrected chi connectivity index (χ1v) is 8.48. The lowest BCUT2D eigenvalue weighted by atomic mass is 9.87. The van der Waals surface area contributed by atoms with E-state index in [1.807, 2.05) is 44.2 Å². The van der Waals surface area contributed by atoms with Gasteiger partial charge < -0.3 is 10.1 Å². The van der Waals surface area contributed by atoms with Crippen molar-refractivity contribution in [3.63, 3.8) is 0 Å². The summed E-state index contributed by atoms with van der Waals surface area (Å²) >= 11 is 0. The van der Waals surface area contributed by atoms with E-state index >= 15 is 0 Å². The summed E-state index contributed by atoms with van der Waals surface area (Å²) in [5.41, 5.74) is 0.726. The number of fused-ring (bicyclic) bond motifs is 1. The molecule has 5 nitrogen and oxygen atoms in total. The number of hydrogen-bond donors (Lipinski definition) is 1. The molecule has 5 heteroatoms. The van der Waals surface area contributed by atoms with E-state index in [-0.39, 0.29) is 18.3 Å². The lowest BCUT2D eigenvalue weighted by Crippen LogP contribution is -2.27. The van der Waals surface area contributed by atoms with Crippen molar-refractivity contribution in [2.24, 2.45) is 5.41 Å². The Balaban J connectivity index is 2.03. The molecule has 1 heterocycles. The van der Waals surface area contributed by atoms with Crippen LogP contribution in [0.4, 0.5) is 5.69 Å². The van der Waals surface area contributed by atoms with Crippen LogP contribution in [0, 0.1) is 5.41 Å². The van der Waals surface area contributed by atoms with E-state index in [4.69, 9.17) is 4.74 Å². The fraction of sp³-hybridized carbons (Fsp3) is 0.350. The molecule has 0 fully saturated rings. The van der Waals surface area contributed by atoms with Crippen LogP contribution in [0.25, 0.3) is 10.9 Å². The Kier molecular flexibility index (Phi) is 6.28. The Bertz CT molecular complexity index is 780. The molecule has 0 spiro atoms. The molecule has 2 rings (SSSR count). The minimum absolute atomic E-state index is 0.156. The van der Waals surface area contributed by atoms with Crippen molar-refractivity contribution in [1.29, 1.82) is 0 Å². The van der Waals surface area contributed by atoms with Gasteiger partial charge in [-0.15, -0.1) is 0 Å². The predicted octanol–water partition coefficient (Wildman–Crippen LogP) is 4.10. The molecule has 1 aromatic carbocycles. The van der Waals surface area contributed by atoms with E-state index in [2.05, 4.69) is 10.3 Å². The molecular formula is C20H24N2O3. The topological polar surface area (TPSA) is 68.3 Å². The average molecular weight is 340 g/mol. The summed E-state index contributed by atoms with van der Waals surface area (Å²) in [6.45, 7) is 5.86. The van der Waals surface area contributed by atoms with Gasteiger partial charge in [0, 0.05) is 18.0 Å². The number of carbonyl (C=O) groups is 2. The number of ether oxygens (including phenoxy) is 1. The molecule has 1 aromatic heterocycles. The number of nitrogens with zero attached hydrogens (tertiary/aromatic N) is 1. The molecule has 0 radical (unpaired) electrons. The summed E-state index contributed by atoms with van der Waals surface area (Å²) in [5, 5.41) is 3.84. The smallest absolute Gasteiger partial charge is 0.315 e. The van der Waals surface area contributed by atoms with Crippen molar-refractivity contribution < 1.29 is 14.3 Å². The van der Waals surface area contributed by atoms with Crippen molar-refractivity contribution >= 4 is 28.5 Å². The van der Waals surface area contributed by atoms with Crippen molar-refractivity contribution in [2.45, 2.75) is 33.6 Å². The van der Waals surface area contributed by atoms with Crippen molar-refractivity contribution in [3.8, 4) is 0 Å². The van der Waals surface area contributed by atoms with Gasteiger partial charge in [-0.25, -0.2) is 0 Å². The summed E-state index contributed by atoms with van der Waals surface area (Å²) in [7, 11) is 0. The number of aromatic nitrogens is 1. The molecule has 0 bridgehead atoms. The third-order valence-corrected chi connectivity index (χ3v) is 4.17. The normalized spacial score (nSPS) is 13.6. The first-order valence-electron chi connectivity index (χ1n) is 8.48. The van der Waals surface area contributed by atoms with Gasteiger partial charge in [-0.1, -0.05) is 37.3 Å². The van der Waals surface area contributed by atoms with Crippen LogP contribution in [0.3, 0.4) is 0 Å². The Morgan fingerprint density at radius 1 is 1.24 bits per heavy atom. The molecule has 0 aliphatic heterocycles. The number of esters is 1. The van der Waals surface area contributed by atoms with Crippen LogP contribution in [0.15, 0.2) is 48.7 Å². The zero-order valence-electron chi connectivity index (χ0n) is 14.9. The Labute approximate surface area is 148 Å². The van der Waals surface area contributed by atoms with Gasteiger partial charge in [0.2, 0.25) is 5.91 Å². The van der Waals surface area contributed by atoms with E-state index in [9.17, 15) is 9.59 Å². The van der Waals surface area contributed by atoms with Crippen LogP contribution in [0.2, 0.25) is 0 Å². The van der Waals surface area contributed by atoms with E-state index in [0.29, 0.717) is 18.7 Å². The molecule has 2 aromatic rings. The SMILES string of the molecule is CCOC(=O)C(C)(/C=C/CC(=O)Nc1cccc2cccnc12)CC. The number of para-hydroxylation sites is 1. The average Bonchev–Trinajstić information content (AvgIpc) is 2.62. The number of nitrogens with one attached hydrogen (secondary N) is 1. The molecule has 0 saturated carbocycles. The maximum absolute atomic E-state index is 12.2. The summed E-state index contributed by atoms with van der Waals surface area (Å²) in [4.78, 5) is 28.6. The number of pyridine rings is 1. The van der Waals surface area contributed by atoms with E-state index < -0.39 is 5.41 Å². The van der Waals surface area contributed by atoms with E-state index in [0.717, 1.165) is 10.9 Å². The summed E-state index contributed by atoms with van der Waals surface area (Å²) in [5.74, 6) is -0.427. The number of anilines is 1. The second-order valence-electron chi connectivity index (χ2n) is 6.03. The molecule has 0 aliphatic carbocycles. The van der Waals surface area contributed by atoms with Crippen molar-refractivity contribution in [3.05, 3.63) is 48.7 Å². The quantitative estimate of drug-likeness (QED) is 0.608. The number of amides is 1. The summed E-state index contributed by atoms with van der Waals surface area (Å²) in [6, 6.07) is 9.46. The fourth-order valence-electron chi connectivity index (χ4n) is 2.46. The summed E-state index contributed by atoms with van der Waals surface area (Å²) < 4.78 is 5.10. The molecular weight excluding hydrogens is 316 g/mol. The van der Waals surface area contributed by atoms with Crippen LogP contribution in [0.5, 0.6) is 0 Å². The number of rotatable bonds is 7. The van der Waals surface area contributed by atoms with Gasteiger partial charge in [0.15, 0.2) is 0 Å². The minimum atomic E-state index is -0.711. The van der Waals surface area contributed by atoms with Gasteiger partial charge in [0.25, 0.3) is 0 Å². The van der Waals surface area contributed by atoms with Gasteiger partial charge in [-0.3, -0.25) is 14.6 Å². The van der Waals surface area contributed by atoms with Crippen LogP contribution in [0.1, 0.15) is 33.6 Å². The fourth-order valence-corrected chi connectivity index (χ4v) is 2.46. The highest BCUT2D eigenvalue weighted by atomic mass is 16.5. The predicted molar refractivity (Wildman–Crippen MR) is 99.2 cm³/mol. The van der Waals surface area contributed by atoms with Crippen molar-refractivity contribution in [1.82, 2.24) is 4.98 Å². The molecule has 1 amide bonds. The van der Waals surface area contributed by atoms with E-state index in [1.165, 1.54) is 0 Å². The maximum Gasteiger partial charge on any atom is 0.315 e. The summed E-state index contributed by atoms with van der Waals surface area (Å²) in [6.07, 6.45) is 5.96. The first kappa shape index (κ1) is 18.6. The van der Waals surface area contributed by atoms with Gasteiger partial charge in [0.05, 0.1) is 23.2 Å². The second kappa shape index (κ2) is 8.42. The third kappa shape index (κ3) is 4.66. The zero-order chi connectivity index (χ0) is 18.3. The third-order valence-electron chi connectivity index (χ3n) is 4.17. The first-order chi connectivity index (χ1) is 12.0. The molecule has 1 atom stereocenters. The van der Waals surface area contributed by atoms with Crippen LogP contribution in [-0.2, 0) is 14.3 Å². The molecule has 132 valence electrons. The van der Waals surface area contributed by atoms with Gasteiger partial charge in [0.1, 0.15) is 0 Å². The van der Waals surface area contributed by atoms with Gasteiger partial charge in [-0.2, -0.15) is 0 Å². The second-order valence-corrected chi connectivity index (χ2v) is 6.03. The Morgan fingerprint density at radius 2 is 2.00 bits per heavy atom. The largest absolute Gasteiger partial charge is 0.465 e. The Morgan fingerprint density at radius 3 is 2.72 bits per heavy atom. The minimum Gasteiger partial charge on any atom is -0.465 e. The van der Waals surface area contributed by atoms with Crippen LogP contribution in [-0.4, -0.2) is 23.5 Å². The number of hydrogen-bond acceptors (Lipinski definition) is 4. The van der Waals surface area contributed by atoms with Gasteiger partial charge in [-0.05, 0) is 32.4 Å². The highest BCUT2D eigenvalue weighted by Crippen LogP contribution is 2.25. The Hall–Kier alpha value is -2.69. The molecule has 1 N–H and O–H groups in total. The number of benzene rings is 1. The molecule has 1 unspecified atom stereocenters. The number of carbonyl (C=O) groups excluding carboxylic acids is 2. The highest BCUT2D eigenvalue weighted by Gasteiger charge is 2.29. The standard InChI is InChI=1S/C20H24N2O3/c1-4-20(3,19(24)25-5-2)13-7-12-17(23)22-16-11-6-9-15-10-8-14-21-18(15)16/h6-11,13-14H,4-5,12H2,1-3H3,(H,22,23)/b13-7+.